The molecular formula is C8H12N2O5S. The van der Waals surface area contributed by atoms with Crippen molar-refractivity contribution in [3.05, 3.63) is 12.0 Å². The van der Waals surface area contributed by atoms with Crippen LogP contribution in [0.4, 0.5) is 6.01 Å². The van der Waals surface area contributed by atoms with Gasteiger partial charge in [-0.25, -0.2) is 13.2 Å². The van der Waals surface area contributed by atoms with Gasteiger partial charge in [-0.2, -0.15) is 4.98 Å². The van der Waals surface area contributed by atoms with Crippen LogP contribution in [0.1, 0.15) is 17.4 Å². The molecule has 0 radical (unpaired) electrons. The van der Waals surface area contributed by atoms with Crippen LogP contribution in [0.15, 0.2) is 10.7 Å². The molecule has 0 amide bonds. The van der Waals surface area contributed by atoms with E-state index in [1.54, 1.807) is 6.92 Å². The molecule has 1 aromatic rings. The van der Waals surface area contributed by atoms with E-state index in [0.717, 1.165) is 6.26 Å². The summed E-state index contributed by atoms with van der Waals surface area (Å²) in [6, 6.07) is 0.00343. The molecule has 0 bridgehead atoms. The minimum Gasteiger partial charge on any atom is -0.476 e. The third-order valence-corrected chi connectivity index (χ3v) is 3.56. The number of sulfone groups is 1. The number of nitrogens with one attached hydrogen (secondary N) is 1. The average molecular weight is 248 g/mol. The SMILES string of the molecule is CCS(=O)(=O)CCNc1nc(C(=O)O)co1. The van der Waals surface area contributed by atoms with E-state index >= 15 is 0 Å². The zero-order valence-corrected chi connectivity index (χ0v) is 9.45. The van der Waals surface area contributed by atoms with Crippen LogP contribution in [-0.2, 0) is 9.84 Å². The van der Waals surface area contributed by atoms with E-state index in [-0.39, 0.29) is 29.8 Å². The third kappa shape index (κ3) is 3.54. The first-order chi connectivity index (χ1) is 7.44. The lowest BCUT2D eigenvalue weighted by atomic mass is 10.5. The van der Waals surface area contributed by atoms with Crippen LogP contribution in [0, 0.1) is 0 Å². The molecule has 90 valence electrons. The monoisotopic (exact) mass is 248 g/mol. The second kappa shape index (κ2) is 4.97. The zero-order chi connectivity index (χ0) is 12.2. The maximum absolute atomic E-state index is 11.1. The van der Waals surface area contributed by atoms with Gasteiger partial charge in [0.15, 0.2) is 15.5 Å². The molecule has 0 atom stereocenters. The van der Waals surface area contributed by atoms with Crippen molar-refractivity contribution in [1.29, 1.82) is 0 Å². The Morgan fingerprint density at radius 2 is 2.31 bits per heavy atom. The van der Waals surface area contributed by atoms with Gasteiger partial charge in [-0.15, -0.1) is 0 Å². The van der Waals surface area contributed by atoms with Crippen LogP contribution in [0.3, 0.4) is 0 Å². The number of rotatable bonds is 6. The number of carboxylic acids is 1. The van der Waals surface area contributed by atoms with Gasteiger partial charge < -0.3 is 14.8 Å². The minimum absolute atomic E-state index is 0.00343. The van der Waals surface area contributed by atoms with E-state index in [2.05, 4.69) is 10.3 Å². The summed E-state index contributed by atoms with van der Waals surface area (Å²) >= 11 is 0. The lowest BCUT2D eigenvalue weighted by Gasteiger charge is -2.01. The quantitative estimate of drug-likeness (QED) is 0.740. The van der Waals surface area contributed by atoms with Gasteiger partial charge in [-0.3, -0.25) is 0 Å². The molecule has 16 heavy (non-hydrogen) atoms. The van der Waals surface area contributed by atoms with Crippen molar-refractivity contribution in [1.82, 2.24) is 4.98 Å². The molecule has 1 rings (SSSR count). The Bertz CT molecular complexity index is 465. The van der Waals surface area contributed by atoms with Crippen LogP contribution in [0.2, 0.25) is 0 Å². The van der Waals surface area contributed by atoms with Crippen molar-refractivity contribution < 1.29 is 22.7 Å². The van der Waals surface area contributed by atoms with E-state index in [1.165, 1.54) is 0 Å². The van der Waals surface area contributed by atoms with Crippen LogP contribution in [0.25, 0.3) is 0 Å². The van der Waals surface area contributed by atoms with Crippen molar-refractivity contribution in [3.63, 3.8) is 0 Å². The second-order valence-corrected chi connectivity index (χ2v) is 5.48. The molecule has 0 aromatic carbocycles. The normalized spacial score (nSPS) is 11.3. The van der Waals surface area contributed by atoms with Crippen molar-refractivity contribution in [2.45, 2.75) is 6.92 Å². The van der Waals surface area contributed by atoms with Crippen LogP contribution >= 0.6 is 0 Å². The number of carboxylic acid groups (broad SMARTS) is 1. The Morgan fingerprint density at radius 3 is 2.81 bits per heavy atom. The fraction of sp³-hybridized carbons (Fsp3) is 0.500. The number of aromatic nitrogens is 1. The fourth-order valence-electron chi connectivity index (χ4n) is 0.911. The Labute approximate surface area is 92.4 Å². The topological polar surface area (TPSA) is 110 Å². The van der Waals surface area contributed by atoms with E-state index < -0.39 is 15.8 Å². The Hall–Kier alpha value is -1.57. The highest BCUT2D eigenvalue weighted by atomic mass is 32.2. The zero-order valence-electron chi connectivity index (χ0n) is 8.63. The minimum atomic E-state index is -3.05. The molecule has 0 saturated heterocycles. The molecule has 1 heterocycles. The number of hydrogen-bond acceptors (Lipinski definition) is 6. The van der Waals surface area contributed by atoms with Gasteiger partial charge in [0, 0.05) is 12.3 Å². The summed E-state index contributed by atoms with van der Waals surface area (Å²) in [5.74, 6) is -1.17. The first kappa shape index (κ1) is 12.5. The predicted octanol–water partition coefficient (Wildman–Crippen LogP) is 0.219. The molecule has 0 aliphatic heterocycles. The van der Waals surface area contributed by atoms with Crippen LogP contribution < -0.4 is 5.32 Å². The van der Waals surface area contributed by atoms with Crippen LogP contribution in [0.5, 0.6) is 0 Å². The van der Waals surface area contributed by atoms with Crippen molar-refractivity contribution in [2.24, 2.45) is 0 Å². The standard InChI is InChI=1S/C8H12N2O5S/c1-2-16(13,14)4-3-9-8-10-6(5-15-8)7(11)12/h5H,2-4H2,1H3,(H,9,10)(H,11,12). The summed E-state index contributed by atoms with van der Waals surface area (Å²) in [6.45, 7) is 1.69. The van der Waals surface area contributed by atoms with Gasteiger partial charge in [0.25, 0.3) is 6.01 Å². The van der Waals surface area contributed by atoms with Gasteiger partial charge in [-0.1, -0.05) is 6.92 Å². The first-order valence-electron chi connectivity index (χ1n) is 4.57. The molecule has 0 unspecified atom stereocenters. The predicted molar refractivity (Wildman–Crippen MR) is 56.3 cm³/mol. The lowest BCUT2D eigenvalue weighted by Crippen LogP contribution is -2.17. The number of aromatic carboxylic acids is 1. The molecule has 0 saturated carbocycles. The highest BCUT2D eigenvalue weighted by Crippen LogP contribution is 2.06. The molecule has 0 aliphatic carbocycles. The molecular weight excluding hydrogens is 236 g/mol. The summed E-state index contributed by atoms with van der Waals surface area (Å²) in [5.41, 5.74) is -0.221. The van der Waals surface area contributed by atoms with Crippen molar-refractivity contribution in [3.8, 4) is 0 Å². The summed E-state index contributed by atoms with van der Waals surface area (Å²) in [7, 11) is -3.05. The Kier molecular flexibility index (Phi) is 3.88. The lowest BCUT2D eigenvalue weighted by molar-refractivity contribution is 0.0690. The van der Waals surface area contributed by atoms with Gasteiger partial charge in [0.05, 0.1) is 5.75 Å². The molecule has 0 aliphatic rings. The maximum atomic E-state index is 11.1. The summed E-state index contributed by atoms with van der Waals surface area (Å²) < 4.78 is 27.0. The van der Waals surface area contributed by atoms with Gasteiger partial charge in [-0.05, 0) is 0 Å². The second-order valence-electron chi connectivity index (χ2n) is 3.01. The summed E-state index contributed by atoms with van der Waals surface area (Å²) in [4.78, 5) is 14.0. The van der Waals surface area contributed by atoms with Gasteiger partial charge >= 0.3 is 5.97 Å². The van der Waals surface area contributed by atoms with Crippen LogP contribution in [-0.4, -0.2) is 42.5 Å². The molecule has 2 N–H and O–H groups in total. The van der Waals surface area contributed by atoms with E-state index in [0.29, 0.717) is 0 Å². The number of hydrogen-bond donors (Lipinski definition) is 2. The number of anilines is 1. The number of carbonyl (C=O) groups is 1. The molecule has 7 nitrogen and oxygen atoms in total. The smallest absolute Gasteiger partial charge is 0.357 e. The average Bonchev–Trinajstić information content (AvgIpc) is 2.66. The van der Waals surface area contributed by atoms with E-state index in [9.17, 15) is 13.2 Å². The Morgan fingerprint density at radius 1 is 1.62 bits per heavy atom. The highest BCUT2D eigenvalue weighted by Gasteiger charge is 2.11. The number of nitrogens with zero attached hydrogens (tertiary/aromatic N) is 1. The molecule has 0 spiro atoms. The third-order valence-electron chi connectivity index (χ3n) is 1.85. The Balaban J connectivity index is 2.46. The molecule has 8 heteroatoms. The largest absolute Gasteiger partial charge is 0.476 e. The highest BCUT2D eigenvalue weighted by molar-refractivity contribution is 7.91. The summed E-state index contributed by atoms with van der Waals surface area (Å²) in [6.07, 6.45) is 0.985. The van der Waals surface area contributed by atoms with E-state index in [4.69, 9.17) is 9.52 Å². The van der Waals surface area contributed by atoms with Crippen molar-refractivity contribution >= 4 is 21.8 Å². The summed E-state index contributed by atoms with van der Waals surface area (Å²) in [5, 5.41) is 11.1. The number of oxazole rings is 1. The van der Waals surface area contributed by atoms with Gasteiger partial charge in [0.2, 0.25) is 0 Å². The molecule has 1 aromatic heterocycles. The van der Waals surface area contributed by atoms with E-state index in [1.807, 2.05) is 0 Å². The first-order valence-corrected chi connectivity index (χ1v) is 6.40. The molecule has 0 fully saturated rings. The van der Waals surface area contributed by atoms with Gasteiger partial charge in [0.1, 0.15) is 6.26 Å². The van der Waals surface area contributed by atoms with Crippen molar-refractivity contribution in [2.75, 3.05) is 23.4 Å². The maximum Gasteiger partial charge on any atom is 0.357 e. The fourth-order valence-corrected chi connectivity index (χ4v) is 1.61.